The average molecular weight is 543 g/mol. The van der Waals surface area contributed by atoms with Crippen molar-refractivity contribution in [1.29, 1.82) is 0 Å². The zero-order valence-electron chi connectivity index (χ0n) is 26.4. The summed E-state index contributed by atoms with van der Waals surface area (Å²) in [6.45, 7) is 19.6. The summed E-state index contributed by atoms with van der Waals surface area (Å²) in [6.07, 6.45) is 14.3. The maximum atomic E-state index is 11.9. The van der Waals surface area contributed by atoms with Crippen molar-refractivity contribution in [2.24, 2.45) is 69.0 Å². The van der Waals surface area contributed by atoms with E-state index in [0.717, 1.165) is 23.7 Å². The summed E-state index contributed by atoms with van der Waals surface area (Å²) in [5.74, 6) is 5.40. The van der Waals surface area contributed by atoms with Gasteiger partial charge in [-0.25, -0.2) is 0 Å². The van der Waals surface area contributed by atoms with Gasteiger partial charge < -0.3 is 9.47 Å². The second kappa shape index (κ2) is 10.3. The fraction of sp³-hybridized carbons (Fsp3) is 0.943. The van der Waals surface area contributed by atoms with Crippen molar-refractivity contribution < 1.29 is 19.1 Å². The summed E-state index contributed by atoms with van der Waals surface area (Å²) in [5, 5.41) is 0. The van der Waals surface area contributed by atoms with E-state index < -0.39 is 0 Å². The van der Waals surface area contributed by atoms with Crippen molar-refractivity contribution in [1.82, 2.24) is 0 Å². The Morgan fingerprint density at radius 2 is 1.41 bits per heavy atom. The molecule has 0 aromatic rings. The molecule has 0 aromatic heterocycles. The Morgan fingerprint density at radius 3 is 2.08 bits per heavy atom. The van der Waals surface area contributed by atoms with E-state index in [-0.39, 0.29) is 22.8 Å². The van der Waals surface area contributed by atoms with Crippen LogP contribution in [0.15, 0.2) is 0 Å². The Labute approximate surface area is 239 Å². The van der Waals surface area contributed by atoms with E-state index in [0.29, 0.717) is 47.7 Å². The summed E-state index contributed by atoms with van der Waals surface area (Å²) < 4.78 is 11.4. The molecule has 0 aliphatic heterocycles. The van der Waals surface area contributed by atoms with Gasteiger partial charge in [0.1, 0.15) is 0 Å². The molecular formula is C35H58O4. The van der Waals surface area contributed by atoms with Gasteiger partial charge in [-0.2, -0.15) is 0 Å². The van der Waals surface area contributed by atoms with Gasteiger partial charge in [0.25, 0.3) is 0 Å². The van der Waals surface area contributed by atoms with Crippen LogP contribution in [0.1, 0.15) is 126 Å². The minimum Gasteiger partial charge on any atom is -0.466 e. The number of carbonyl (C=O) groups excluding carboxylic acids is 2. The van der Waals surface area contributed by atoms with Gasteiger partial charge in [0.05, 0.1) is 13.2 Å². The minimum atomic E-state index is -0.139. The van der Waals surface area contributed by atoms with Crippen LogP contribution in [-0.2, 0) is 19.1 Å². The standard InChI is InChI=1S/C35H58O4/c1-22(2)26-15-17-35(21-39-24(4)37)19-18-33(7)27-10-9-11-30-32(5,6)25(20-38-23(3)36)14-16-34(30,8)28(27)12-13-29(33)31(26)35/h22,25-31H,9-21H2,1-8H3/t25?,26-,27-,28-,29+,30-,31+,33-,34+,35?/m0/s1. The fourth-order valence-electron chi connectivity index (χ4n) is 12.3. The second-order valence-electron chi connectivity index (χ2n) is 16.4. The molecule has 0 bridgehead atoms. The summed E-state index contributed by atoms with van der Waals surface area (Å²) in [6, 6.07) is 0. The SMILES string of the molecule is CC(=O)OCC1CC[C@]2(C)[C@H]3CC[C@@H]4[C@H]5[C@H](C(C)C)CCC5(COC(C)=O)CC[C@@]4(C)[C@H]3CCC[C@H]2C1(C)C. The zero-order chi connectivity index (χ0) is 28.4. The number of fused-ring (bicyclic) bond motifs is 7. The highest BCUT2D eigenvalue weighted by molar-refractivity contribution is 5.66. The first-order valence-corrected chi connectivity index (χ1v) is 16.5. The third-order valence-electron chi connectivity index (χ3n) is 14.2. The van der Waals surface area contributed by atoms with Crippen molar-refractivity contribution >= 4 is 11.9 Å². The van der Waals surface area contributed by atoms with Crippen molar-refractivity contribution in [2.45, 2.75) is 126 Å². The Kier molecular flexibility index (Phi) is 7.80. The van der Waals surface area contributed by atoms with E-state index in [1.165, 1.54) is 70.6 Å². The number of hydrogen-bond donors (Lipinski definition) is 0. The normalized spacial score (nSPS) is 46.7. The van der Waals surface area contributed by atoms with Gasteiger partial charge in [-0.05, 0) is 128 Å². The molecular weight excluding hydrogens is 484 g/mol. The van der Waals surface area contributed by atoms with Crippen LogP contribution in [0.3, 0.4) is 0 Å². The van der Waals surface area contributed by atoms with E-state index >= 15 is 0 Å². The molecule has 0 aromatic carbocycles. The zero-order valence-corrected chi connectivity index (χ0v) is 26.4. The van der Waals surface area contributed by atoms with E-state index in [1.54, 1.807) is 13.8 Å². The second-order valence-corrected chi connectivity index (χ2v) is 16.4. The first kappa shape index (κ1) is 29.4. The molecule has 5 aliphatic carbocycles. The van der Waals surface area contributed by atoms with Crippen LogP contribution < -0.4 is 0 Å². The Bertz CT molecular complexity index is 939. The maximum Gasteiger partial charge on any atom is 0.302 e. The third-order valence-corrected chi connectivity index (χ3v) is 14.2. The predicted molar refractivity (Wildman–Crippen MR) is 156 cm³/mol. The summed E-state index contributed by atoms with van der Waals surface area (Å²) in [5.41, 5.74) is 1.15. The van der Waals surface area contributed by atoms with Gasteiger partial charge in [-0.15, -0.1) is 0 Å². The van der Waals surface area contributed by atoms with Gasteiger partial charge in [-0.3, -0.25) is 9.59 Å². The Balaban J connectivity index is 1.45. The molecule has 4 nitrogen and oxygen atoms in total. The minimum absolute atomic E-state index is 0.108. The molecule has 5 saturated carbocycles. The molecule has 0 radical (unpaired) electrons. The van der Waals surface area contributed by atoms with Crippen LogP contribution in [0.2, 0.25) is 0 Å². The lowest BCUT2D eigenvalue weighted by atomic mass is 9.40. The van der Waals surface area contributed by atoms with E-state index in [2.05, 4.69) is 41.5 Å². The lowest BCUT2D eigenvalue weighted by molar-refractivity contribution is -0.182. The van der Waals surface area contributed by atoms with E-state index in [4.69, 9.17) is 9.47 Å². The van der Waals surface area contributed by atoms with Gasteiger partial charge in [-0.1, -0.05) is 48.0 Å². The highest BCUT2D eigenvalue weighted by Gasteiger charge is 2.66. The van der Waals surface area contributed by atoms with Gasteiger partial charge in [0.2, 0.25) is 0 Å². The summed E-state index contributed by atoms with van der Waals surface area (Å²) in [4.78, 5) is 23.6. The Morgan fingerprint density at radius 1 is 0.744 bits per heavy atom. The molecule has 222 valence electrons. The number of esters is 2. The Hall–Kier alpha value is -1.06. The van der Waals surface area contributed by atoms with E-state index in [9.17, 15) is 9.59 Å². The number of hydrogen-bond acceptors (Lipinski definition) is 4. The smallest absolute Gasteiger partial charge is 0.302 e. The molecule has 5 fully saturated rings. The van der Waals surface area contributed by atoms with Gasteiger partial charge in [0, 0.05) is 19.3 Å². The monoisotopic (exact) mass is 542 g/mol. The molecule has 2 unspecified atom stereocenters. The molecule has 0 spiro atoms. The lowest BCUT2D eigenvalue weighted by Crippen LogP contribution is -2.59. The summed E-state index contributed by atoms with van der Waals surface area (Å²) >= 11 is 0. The van der Waals surface area contributed by atoms with Crippen LogP contribution in [-0.4, -0.2) is 25.2 Å². The van der Waals surface area contributed by atoms with Gasteiger partial charge in [0.15, 0.2) is 0 Å². The van der Waals surface area contributed by atoms with Gasteiger partial charge >= 0.3 is 11.9 Å². The van der Waals surface area contributed by atoms with E-state index in [1.807, 2.05) is 0 Å². The number of rotatable bonds is 5. The molecule has 39 heavy (non-hydrogen) atoms. The number of carbonyl (C=O) groups is 2. The van der Waals surface area contributed by atoms with Crippen LogP contribution in [0, 0.1) is 69.0 Å². The van der Waals surface area contributed by atoms with Crippen LogP contribution in [0.5, 0.6) is 0 Å². The van der Waals surface area contributed by atoms with Crippen molar-refractivity contribution in [3.05, 3.63) is 0 Å². The first-order chi connectivity index (χ1) is 18.3. The molecule has 4 heteroatoms. The van der Waals surface area contributed by atoms with Crippen LogP contribution in [0.4, 0.5) is 0 Å². The third kappa shape index (κ3) is 4.70. The summed E-state index contributed by atoms with van der Waals surface area (Å²) in [7, 11) is 0. The van der Waals surface area contributed by atoms with Crippen molar-refractivity contribution in [3.8, 4) is 0 Å². The molecule has 5 rings (SSSR count). The van der Waals surface area contributed by atoms with Crippen LogP contribution in [0.25, 0.3) is 0 Å². The first-order valence-electron chi connectivity index (χ1n) is 16.5. The van der Waals surface area contributed by atoms with Crippen molar-refractivity contribution in [2.75, 3.05) is 13.2 Å². The molecule has 0 saturated heterocycles. The molecule has 10 atom stereocenters. The van der Waals surface area contributed by atoms with Crippen molar-refractivity contribution in [3.63, 3.8) is 0 Å². The number of ether oxygens (including phenoxy) is 2. The lowest BCUT2D eigenvalue weighted by Gasteiger charge is -2.65. The maximum absolute atomic E-state index is 11.9. The molecule has 0 N–H and O–H groups in total. The highest BCUT2D eigenvalue weighted by atomic mass is 16.5. The largest absolute Gasteiger partial charge is 0.466 e. The molecule has 5 aliphatic rings. The van der Waals surface area contributed by atoms with Crippen LogP contribution >= 0.6 is 0 Å². The predicted octanol–water partition coefficient (Wildman–Crippen LogP) is 8.47. The highest BCUT2D eigenvalue weighted by Crippen LogP contribution is 2.73. The molecule has 0 amide bonds. The average Bonchev–Trinajstić information content (AvgIpc) is 3.16. The fourth-order valence-corrected chi connectivity index (χ4v) is 12.3. The molecule has 0 heterocycles. The quantitative estimate of drug-likeness (QED) is 0.327. The topological polar surface area (TPSA) is 52.6 Å².